The molecule has 0 amide bonds. The molecule has 0 saturated carbocycles. The molecule has 6 nitrogen and oxygen atoms in total. The highest BCUT2D eigenvalue weighted by Crippen LogP contribution is 2.26. The van der Waals surface area contributed by atoms with E-state index in [2.05, 4.69) is 5.10 Å². The van der Waals surface area contributed by atoms with E-state index in [0.717, 1.165) is 16.8 Å². The first-order valence-corrected chi connectivity index (χ1v) is 5.47. The number of hydrogen-bond acceptors (Lipinski definition) is 4. The molecule has 0 aliphatic rings. The van der Waals surface area contributed by atoms with Crippen LogP contribution in [-0.2, 0) is 0 Å². The highest BCUT2D eigenvalue weighted by Gasteiger charge is 2.24. The number of rotatable bonds is 2. The van der Waals surface area contributed by atoms with Gasteiger partial charge in [0.2, 0.25) is 0 Å². The van der Waals surface area contributed by atoms with Gasteiger partial charge in [0.15, 0.2) is 0 Å². The van der Waals surface area contributed by atoms with E-state index in [1.807, 2.05) is 0 Å². The van der Waals surface area contributed by atoms with E-state index in [-0.39, 0.29) is 22.8 Å². The summed E-state index contributed by atoms with van der Waals surface area (Å²) in [4.78, 5) is 10.2. The van der Waals surface area contributed by atoms with Crippen LogP contribution in [0, 0.1) is 46.9 Å². The van der Waals surface area contributed by atoms with Crippen molar-refractivity contribution in [1.29, 1.82) is 5.26 Å². The third-order valence-corrected chi connectivity index (χ3v) is 2.82. The summed E-state index contributed by atoms with van der Waals surface area (Å²) in [6, 6.07) is 3.03. The van der Waals surface area contributed by atoms with Crippen LogP contribution in [0.3, 0.4) is 0 Å². The summed E-state index contributed by atoms with van der Waals surface area (Å²) in [5.41, 5.74) is -0.807. The van der Waals surface area contributed by atoms with Gasteiger partial charge in [0.25, 0.3) is 0 Å². The molecular weight excluding hydrogens is 270 g/mol. The average molecular weight is 278 g/mol. The summed E-state index contributed by atoms with van der Waals surface area (Å²) in [6.07, 6.45) is 0. The molecule has 1 aromatic carbocycles. The number of aryl methyl sites for hydroxylation is 1. The van der Waals surface area contributed by atoms with Crippen LogP contribution in [0.1, 0.15) is 17.0 Å². The molecule has 0 saturated heterocycles. The van der Waals surface area contributed by atoms with Crippen LogP contribution in [0.25, 0.3) is 5.69 Å². The predicted octanol–water partition coefficient (Wildman–Crippen LogP) is 2.55. The quantitative estimate of drug-likeness (QED) is 0.624. The van der Waals surface area contributed by atoms with Crippen molar-refractivity contribution in [3.63, 3.8) is 0 Å². The van der Waals surface area contributed by atoms with Gasteiger partial charge < -0.3 is 0 Å². The van der Waals surface area contributed by atoms with E-state index in [9.17, 15) is 18.9 Å². The van der Waals surface area contributed by atoms with Crippen LogP contribution in [0.4, 0.5) is 14.5 Å². The third-order valence-electron chi connectivity index (χ3n) is 2.82. The smallest absolute Gasteiger partial charge is 0.258 e. The van der Waals surface area contributed by atoms with Gasteiger partial charge in [-0.2, -0.15) is 10.4 Å². The van der Waals surface area contributed by atoms with Gasteiger partial charge in [-0.05, 0) is 19.9 Å². The van der Waals surface area contributed by atoms with Crippen LogP contribution >= 0.6 is 0 Å². The lowest BCUT2D eigenvalue weighted by molar-refractivity contribution is -0.386. The molecule has 0 spiro atoms. The molecule has 0 aliphatic heterocycles. The monoisotopic (exact) mass is 278 g/mol. The van der Waals surface area contributed by atoms with Crippen LogP contribution in [0.2, 0.25) is 0 Å². The average Bonchev–Trinajstić information content (AvgIpc) is 2.67. The number of nitro groups is 1. The molecule has 0 N–H and O–H groups in total. The SMILES string of the molecule is Cc1nn(-c2cc(F)c(C#N)cc2F)c(C)c1[N+](=O)[O-]. The van der Waals surface area contributed by atoms with Crippen molar-refractivity contribution in [2.75, 3.05) is 0 Å². The summed E-state index contributed by atoms with van der Waals surface area (Å²) in [7, 11) is 0. The fourth-order valence-electron chi connectivity index (χ4n) is 1.92. The second-order valence-electron chi connectivity index (χ2n) is 4.08. The van der Waals surface area contributed by atoms with Gasteiger partial charge >= 0.3 is 5.69 Å². The van der Waals surface area contributed by atoms with Gasteiger partial charge in [-0.25, -0.2) is 13.5 Å². The van der Waals surface area contributed by atoms with Gasteiger partial charge in [-0.3, -0.25) is 10.1 Å². The Balaban J connectivity index is 2.71. The Labute approximate surface area is 112 Å². The molecule has 1 heterocycles. The largest absolute Gasteiger partial charge is 0.313 e. The maximum Gasteiger partial charge on any atom is 0.313 e. The normalized spacial score (nSPS) is 10.3. The van der Waals surface area contributed by atoms with Crippen LogP contribution in [0.15, 0.2) is 12.1 Å². The van der Waals surface area contributed by atoms with Gasteiger partial charge in [0.1, 0.15) is 34.8 Å². The van der Waals surface area contributed by atoms with Gasteiger partial charge in [-0.1, -0.05) is 0 Å². The van der Waals surface area contributed by atoms with Crippen molar-refractivity contribution in [3.8, 4) is 11.8 Å². The number of hydrogen-bond donors (Lipinski definition) is 0. The van der Waals surface area contributed by atoms with E-state index in [0.29, 0.717) is 0 Å². The zero-order valence-corrected chi connectivity index (χ0v) is 10.5. The first kappa shape index (κ1) is 13.6. The summed E-state index contributed by atoms with van der Waals surface area (Å²) in [5, 5.41) is 23.3. The molecule has 8 heteroatoms. The first-order valence-electron chi connectivity index (χ1n) is 5.47. The minimum Gasteiger partial charge on any atom is -0.258 e. The van der Waals surface area contributed by atoms with Crippen molar-refractivity contribution in [1.82, 2.24) is 9.78 Å². The molecule has 0 radical (unpaired) electrons. The zero-order chi connectivity index (χ0) is 15.0. The van der Waals surface area contributed by atoms with Gasteiger partial charge in [-0.15, -0.1) is 0 Å². The van der Waals surface area contributed by atoms with E-state index in [1.54, 1.807) is 0 Å². The number of nitriles is 1. The Bertz CT molecular complexity index is 762. The van der Waals surface area contributed by atoms with Crippen molar-refractivity contribution in [3.05, 3.63) is 50.8 Å². The zero-order valence-electron chi connectivity index (χ0n) is 10.5. The summed E-state index contributed by atoms with van der Waals surface area (Å²) < 4.78 is 28.4. The first-order chi connectivity index (χ1) is 9.36. The molecule has 0 bridgehead atoms. The Kier molecular flexibility index (Phi) is 3.19. The van der Waals surface area contributed by atoms with E-state index < -0.39 is 22.1 Å². The van der Waals surface area contributed by atoms with E-state index in [1.165, 1.54) is 19.9 Å². The summed E-state index contributed by atoms with van der Waals surface area (Å²) in [6.45, 7) is 2.78. The molecule has 20 heavy (non-hydrogen) atoms. The van der Waals surface area contributed by atoms with Crippen LogP contribution in [0.5, 0.6) is 0 Å². The highest BCUT2D eigenvalue weighted by molar-refractivity contribution is 5.48. The Morgan fingerprint density at radius 3 is 2.50 bits per heavy atom. The second kappa shape index (κ2) is 4.70. The van der Waals surface area contributed by atoms with Crippen LogP contribution < -0.4 is 0 Å². The molecule has 102 valence electrons. The van der Waals surface area contributed by atoms with Crippen molar-refractivity contribution in [2.24, 2.45) is 0 Å². The lowest BCUT2D eigenvalue weighted by Gasteiger charge is -2.06. The number of benzene rings is 1. The number of halogens is 2. The molecule has 0 aliphatic carbocycles. The Morgan fingerprint density at radius 2 is 2.00 bits per heavy atom. The van der Waals surface area contributed by atoms with Crippen molar-refractivity contribution in [2.45, 2.75) is 13.8 Å². The lowest BCUT2D eigenvalue weighted by Crippen LogP contribution is -2.04. The number of aromatic nitrogens is 2. The highest BCUT2D eigenvalue weighted by atomic mass is 19.1. The lowest BCUT2D eigenvalue weighted by atomic mass is 10.2. The predicted molar refractivity (Wildman–Crippen MR) is 64.3 cm³/mol. The van der Waals surface area contributed by atoms with E-state index >= 15 is 0 Å². The minimum atomic E-state index is -0.917. The van der Waals surface area contributed by atoms with Gasteiger partial charge in [0, 0.05) is 6.07 Å². The standard InChI is InChI=1S/C12H8F2N4O2/c1-6-12(18(19)20)7(2)17(16-6)11-4-9(13)8(5-15)3-10(11)14/h3-4H,1-2H3. The molecule has 0 fully saturated rings. The maximum atomic E-state index is 13.9. The molecule has 1 aromatic heterocycles. The fourth-order valence-corrected chi connectivity index (χ4v) is 1.92. The molecule has 2 aromatic rings. The maximum absolute atomic E-state index is 13.9. The Hall–Kier alpha value is -2.82. The third kappa shape index (κ3) is 1.99. The molecule has 2 rings (SSSR count). The molecular formula is C12H8F2N4O2. The van der Waals surface area contributed by atoms with Crippen LogP contribution in [-0.4, -0.2) is 14.7 Å². The van der Waals surface area contributed by atoms with Crippen molar-refractivity contribution >= 4 is 5.69 Å². The second-order valence-corrected chi connectivity index (χ2v) is 4.08. The fraction of sp³-hybridized carbons (Fsp3) is 0.167. The minimum absolute atomic E-state index is 0.0792. The van der Waals surface area contributed by atoms with Gasteiger partial charge in [0.05, 0.1) is 10.5 Å². The molecule has 0 unspecified atom stereocenters. The summed E-state index contributed by atoms with van der Waals surface area (Å²) >= 11 is 0. The Morgan fingerprint density at radius 1 is 1.35 bits per heavy atom. The molecule has 0 atom stereocenters. The van der Waals surface area contributed by atoms with Crippen molar-refractivity contribution < 1.29 is 13.7 Å². The summed E-state index contributed by atoms with van der Waals surface area (Å²) in [5.74, 6) is -1.80. The topological polar surface area (TPSA) is 84.8 Å². The number of nitrogens with zero attached hydrogens (tertiary/aromatic N) is 4. The van der Waals surface area contributed by atoms with E-state index in [4.69, 9.17) is 5.26 Å².